The molecule has 1 atom stereocenters. The third-order valence-electron chi connectivity index (χ3n) is 0.863. The van der Waals surface area contributed by atoms with Crippen molar-refractivity contribution < 1.29 is 14.7 Å². The van der Waals surface area contributed by atoms with Crippen LogP contribution < -0.4 is 5.32 Å². The first-order valence-corrected chi connectivity index (χ1v) is 4.17. The van der Waals surface area contributed by atoms with E-state index in [1.807, 2.05) is 0 Å². The van der Waals surface area contributed by atoms with E-state index in [4.69, 9.17) is 5.11 Å². The number of thioether (sulfide) groups is 1. The Labute approximate surface area is 69.4 Å². The number of carboxylic acids is 1. The van der Waals surface area contributed by atoms with Crippen molar-refractivity contribution in [3.05, 3.63) is 0 Å². The highest BCUT2D eigenvalue weighted by molar-refractivity contribution is 8.00. The van der Waals surface area contributed by atoms with Crippen molar-refractivity contribution in [3.63, 3.8) is 0 Å². The maximum Gasteiger partial charge on any atom is 0.313 e. The standard InChI is InChI=1S/C6H11NO3S/c1-4(8)7-5(2)11-3-6(9)10/h5H,3H2,1-2H3,(H,7,8)(H,9,10). The van der Waals surface area contributed by atoms with Crippen LogP contribution in [0.3, 0.4) is 0 Å². The molecule has 0 bridgehead atoms. The maximum atomic E-state index is 10.4. The second kappa shape index (κ2) is 5.01. The normalized spacial score (nSPS) is 12.2. The van der Waals surface area contributed by atoms with E-state index in [2.05, 4.69) is 5.32 Å². The molecule has 0 heterocycles. The minimum Gasteiger partial charge on any atom is -0.481 e. The lowest BCUT2D eigenvalue weighted by Crippen LogP contribution is -2.28. The smallest absolute Gasteiger partial charge is 0.313 e. The van der Waals surface area contributed by atoms with Gasteiger partial charge in [0.05, 0.1) is 11.1 Å². The average Bonchev–Trinajstić information content (AvgIpc) is 1.82. The minimum absolute atomic E-state index is 0.0153. The summed E-state index contributed by atoms with van der Waals surface area (Å²) < 4.78 is 0. The molecule has 1 unspecified atom stereocenters. The molecule has 0 aromatic heterocycles. The summed E-state index contributed by atoms with van der Waals surface area (Å²) in [6, 6.07) is 0. The summed E-state index contributed by atoms with van der Waals surface area (Å²) in [6.07, 6.45) is 0. The lowest BCUT2D eigenvalue weighted by molar-refractivity contribution is -0.134. The van der Waals surface area contributed by atoms with E-state index in [9.17, 15) is 9.59 Å². The molecule has 0 saturated carbocycles. The lowest BCUT2D eigenvalue weighted by Gasteiger charge is -2.09. The Balaban J connectivity index is 3.44. The van der Waals surface area contributed by atoms with Crippen LogP contribution >= 0.6 is 11.8 Å². The van der Waals surface area contributed by atoms with Crippen molar-refractivity contribution in [1.29, 1.82) is 0 Å². The number of carbonyl (C=O) groups excluding carboxylic acids is 1. The first-order valence-electron chi connectivity index (χ1n) is 3.13. The number of rotatable bonds is 4. The summed E-state index contributed by atoms with van der Waals surface area (Å²) >= 11 is 1.18. The predicted octanol–water partition coefficient (Wildman–Crippen LogP) is 0.286. The summed E-state index contributed by atoms with van der Waals surface area (Å²) in [4.78, 5) is 20.5. The first-order chi connectivity index (χ1) is 5.02. The number of hydrogen-bond donors (Lipinski definition) is 2. The lowest BCUT2D eigenvalue weighted by atomic mass is 10.6. The van der Waals surface area contributed by atoms with Crippen molar-refractivity contribution in [3.8, 4) is 0 Å². The number of hydrogen-bond acceptors (Lipinski definition) is 3. The number of amides is 1. The molecular formula is C6H11NO3S. The van der Waals surface area contributed by atoms with Crippen molar-refractivity contribution >= 4 is 23.6 Å². The molecule has 64 valence electrons. The van der Waals surface area contributed by atoms with Gasteiger partial charge >= 0.3 is 5.97 Å². The number of nitrogens with one attached hydrogen (secondary N) is 1. The average molecular weight is 177 g/mol. The molecule has 0 saturated heterocycles. The van der Waals surface area contributed by atoms with Crippen LogP contribution in [0.5, 0.6) is 0 Å². The molecule has 0 aliphatic carbocycles. The van der Waals surface area contributed by atoms with Gasteiger partial charge in [-0.2, -0.15) is 0 Å². The third kappa shape index (κ3) is 7.18. The van der Waals surface area contributed by atoms with Gasteiger partial charge in [-0.1, -0.05) is 0 Å². The second-order valence-electron chi connectivity index (χ2n) is 2.05. The van der Waals surface area contributed by atoms with Crippen LogP contribution in [-0.4, -0.2) is 28.1 Å². The van der Waals surface area contributed by atoms with Gasteiger partial charge in [-0.05, 0) is 6.92 Å². The zero-order valence-electron chi connectivity index (χ0n) is 6.46. The van der Waals surface area contributed by atoms with Gasteiger partial charge in [-0.15, -0.1) is 11.8 Å². The molecule has 0 aromatic rings. The number of carboxylic acid groups (broad SMARTS) is 1. The topological polar surface area (TPSA) is 66.4 Å². The Morgan fingerprint density at radius 1 is 1.64 bits per heavy atom. The van der Waals surface area contributed by atoms with Crippen LogP contribution in [0.4, 0.5) is 0 Å². The summed E-state index contributed by atoms with van der Waals surface area (Å²) in [5.41, 5.74) is 0. The van der Waals surface area contributed by atoms with E-state index in [0.29, 0.717) is 0 Å². The van der Waals surface area contributed by atoms with E-state index in [-0.39, 0.29) is 17.0 Å². The Morgan fingerprint density at radius 3 is 2.55 bits per heavy atom. The van der Waals surface area contributed by atoms with Crippen LogP contribution in [0.2, 0.25) is 0 Å². The molecule has 11 heavy (non-hydrogen) atoms. The molecule has 0 aliphatic heterocycles. The Morgan fingerprint density at radius 2 is 2.18 bits per heavy atom. The van der Waals surface area contributed by atoms with Crippen LogP contribution in [0, 0.1) is 0 Å². The van der Waals surface area contributed by atoms with Crippen molar-refractivity contribution in [2.75, 3.05) is 5.75 Å². The van der Waals surface area contributed by atoms with Gasteiger partial charge in [-0.25, -0.2) is 0 Å². The molecule has 0 aromatic carbocycles. The number of aliphatic carboxylic acids is 1. The Bertz CT molecular complexity index is 160. The summed E-state index contributed by atoms with van der Waals surface area (Å²) in [5, 5.41) is 10.7. The zero-order valence-corrected chi connectivity index (χ0v) is 7.27. The minimum atomic E-state index is -0.868. The molecule has 5 heteroatoms. The molecule has 1 amide bonds. The van der Waals surface area contributed by atoms with Gasteiger partial charge in [0, 0.05) is 6.92 Å². The van der Waals surface area contributed by atoms with Gasteiger partial charge in [0.15, 0.2) is 0 Å². The quantitative estimate of drug-likeness (QED) is 0.605. The molecule has 0 radical (unpaired) electrons. The van der Waals surface area contributed by atoms with Crippen molar-refractivity contribution in [2.45, 2.75) is 19.2 Å². The summed E-state index contributed by atoms with van der Waals surface area (Å²) in [5.74, 6) is -0.996. The van der Waals surface area contributed by atoms with Crippen LogP contribution in [0.1, 0.15) is 13.8 Å². The van der Waals surface area contributed by atoms with Crippen molar-refractivity contribution in [1.82, 2.24) is 5.32 Å². The fraction of sp³-hybridized carbons (Fsp3) is 0.667. The van der Waals surface area contributed by atoms with E-state index in [0.717, 1.165) is 0 Å². The molecule has 0 aliphatic rings. The van der Waals surface area contributed by atoms with E-state index in [1.165, 1.54) is 18.7 Å². The van der Waals surface area contributed by atoms with Crippen LogP contribution in [-0.2, 0) is 9.59 Å². The van der Waals surface area contributed by atoms with Gasteiger partial charge in [0.2, 0.25) is 5.91 Å². The highest BCUT2D eigenvalue weighted by Gasteiger charge is 2.05. The highest BCUT2D eigenvalue weighted by Crippen LogP contribution is 2.05. The molecule has 4 nitrogen and oxygen atoms in total. The fourth-order valence-corrected chi connectivity index (χ4v) is 1.17. The van der Waals surface area contributed by atoms with Gasteiger partial charge in [-0.3, -0.25) is 9.59 Å². The van der Waals surface area contributed by atoms with Gasteiger partial charge in [0.25, 0.3) is 0 Å². The number of carbonyl (C=O) groups is 2. The fourth-order valence-electron chi connectivity index (χ4n) is 0.524. The van der Waals surface area contributed by atoms with E-state index >= 15 is 0 Å². The molecule has 2 N–H and O–H groups in total. The summed E-state index contributed by atoms with van der Waals surface area (Å²) in [7, 11) is 0. The summed E-state index contributed by atoms with van der Waals surface area (Å²) in [6.45, 7) is 3.15. The maximum absolute atomic E-state index is 10.4. The Kier molecular flexibility index (Phi) is 4.69. The van der Waals surface area contributed by atoms with Gasteiger partial charge < -0.3 is 10.4 Å². The molecular weight excluding hydrogens is 166 g/mol. The Hall–Kier alpha value is -0.710. The van der Waals surface area contributed by atoms with Crippen LogP contribution in [0.25, 0.3) is 0 Å². The monoisotopic (exact) mass is 177 g/mol. The zero-order chi connectivity index (χ0) is 8.85. The molecule has 0 spiro atoms. The van der Waals surface area contributed by atoms with Crippen LogP contribution in [0.15, 0.2) is 0 Å². The third-order valence-corrected chi connectivity index (χ3v) is 1.89. The largest absolute Gasteiger partial charge is 0.481 e. The highest BCUT2D eigenvalue weighted by atomic mass is 32.2. The van der Waals surface area contributed by atoms with Crippen molar-refractivity contribution in [2.24, 2.45) is 0 Å². The van der Waals surface area contributed by atoms with E-state index < -0.39 is 5.97 Å². The van der Waals surface area contributed by atoms with Gasteiger partial charge in [0.1, 0.15) is 0 Å². The SMILES string of the molecule is CC(=O)NC(C)SCC(=O)O. The first kappa shape index (κ1) is 10.3. The predicted molar refractivity (Wildman–Crippen MR) is 43.4 cm³/mol. The molecule has 0 fully saturated rings. The molecule has 0 rings (SSSR count). The second-order valence-corrected chi connectivity index (χ2v) is 3.38. The van der Waals surface area contributed by atoms with E-state index in [1.54, 1.807) is 6.92 Å².